The average Bonchev–Trinajstić information content (AvgIpc) is 1.82. The monoisotopic (exact) mass is 132 g/mol. The minimum absolute atomic E-state index is 0.293. The summed E-state index contributed by atoms with van der Waals surface area (Å²) in [6.45, 7) is 1.86. The fourth-order valence-corrected chi connectivity index (χ4v) is 0.485. The molecule has 0 fully saturated rings. The number of aliphatic hydroxyl groups is 1. The van der Waals surface area contributed by atoms with Crippen LogP contribution in [0.25, 0.3) is 0 Å². The van der Waals surface area contributed by atoms with Gasteiger partial charge in [0.25, 0.3) is 0 Å². The molecule has 0 aliphatic heterocycles. The van der Waals surface area contributed by atoms with Crippen molar-refractivity contribution in [2.45, 2.75) is 13.0 Å². The molecule has 0 radical (unpaired) electrons. The lowest BCUT2D eigenvalue weighted by molar-refractivity contribution is -0.115. The Bertz CT molecular complexity index is 80.4. The van der Waals surface area contributed by atoms with Crippen LogP contribution < -0.4 is 0 Å². The summed E-state index contributed by atoms with van der Waals surface area (Å²) in [5.74, 6) is -0.380. The van der Waals surface area contributed by atoms with E-state index in [-0.39, 0.29) is 5.92 Å². The van der Waals surface area contributed by atoms with E-state index in [1.807, 2.05) is 0 Å². The Morgan fingerprint density at radius 2 is 2.33 bits per heavy atom. The third-order valence-corrected chi connectivity index (χ3v) is 1.15. The molecule has 0 aromatic carbocycles. The van der Waals surface area contributed by atoms with Crippen LogP contribution in [0.1, 0.15) is 6.92 Å². The van der Waals surface area contributed by atoms with Gasteiger partial charge in [0.2, 0.25) is 0 Å². The first-order valence-electron chi connectivity index (χ1n) is 2.84. The molecule has 2 unspecified atom stereocenters. The van der Waals surface area contributed by atoms with Crippen LogP contribution in [-0.2, 0) is 9.53 Å². The van der Waals surface area contributed by atoms with Crippen molar-refractivity contribution < 1.29 is 14.6 Å². The maximum absolute atomic E-state index is 10.1. The number of aldehydes is 1. The van der Waals surface area contributed by atoms with E-state index >= 15 is 0 Å². The van der Waals surface area contributed by atoms with Crippen molar-refractivity contribution in [3.63, 3.8) is 0 Å². The molecule has 0 rings (SSSR count). The van der Waals surface area contributed by atoms with E-state index in [4.69, 9.17) is 5.11 Å². The van der Waals surface area contributed by atoms with Gasteiger partial charge in [0, 0.05) is 7.11 Å². The molecule has 3 nitrogen and oxygen atoms in total. The Labute approximate surface area is 54.6 Å². The Morgan fingerprint density at radius 1 is 1.78 bits per heavy atom. The lowest BCUT2D eigenvalue weighted by atomic mass is 10.1. The number of rotatable bonds is 4. The summed E-state index contributed by atoms with van der Waals surface area (Å²) in [7, 11) is 1.50. The maximum Gasteiger partial charge on any atom is 0.127 e. The summed E-state index contributed by atoms with van der Waals surface area (Å²) < 4.78 is 4.66. The standard InChI is InChI=1S/C6H12O3/c1-5(8)6(3-7)4-9-2/h3,5-6,8H,4H2,1-2H3. The first-order chi connectivity index (χ1) is 4.22. The molecule has 2 atom stereocenters. The number of methoxy groups -OCH3 is 1. The molecule has 0 aromatic rings. The zero-order chi connectivity index (χ0) is 7.28. The van der Waals surface area contributed by atoms with E-state index in [0.29, 0.717) is 12.9 Å². The van der Waals surface area contributed by atoms with Crippen molar-refractivity contribution in [3.8, 4) is 0 Å². The van der Waals surface area contributed by atoms with E-state index in [1.54, 1.807) is 6.92 Å². The van der Waals surface area contributed by atoms with Gasteiger partial charge < -0.3 is 14.6 Å². The van der Waals surface area contributed by atoms with Crippen LogP contribution in [0.2, 0.25) is 0 Å². The summed E-state index contributed by atoms with van der Waals surface area (Å²) in [6.07, 6.45) is 0.0937. The molecule has 0 aliphatic rings. The molecule has 0 heterocycles. The first kappa shape index (κ1) is 8.59. The maximum atomic E-state index is 10.1. The van der Waals surface area contributed by atoms with E-state index in [1.165, 1.54) is 7.11 Å². The fourth-order valence-electron chi connectivity index (χ4n) is 0.485. The highest BCUT2D eigenvalue weighted by atomic mass is 16.5. The van der Waals surface area contributed by atoms with Crippen LogP contribution in [0.15, 0.2) is 0 Å². The highest BCUT2D eigenvalue weighted by Gasteiger charge is 2.12. The Hall–Kier alpha value is -0.410. The molecule has 3 heteroatoms. The van der Waals surface area contributed by atoms with E-state index in [0.717, 1.165) is 0 Å². The normalized spacial score (nSPS) is 16.8. The predicted molar refractivity (Wildman–Crippen MR) is 33.1 cm³/mol. The molecule has 9 heavy (non-hydrogen) atoms. The van der Waals surface area contributed by atoms with Crippen molar-refractivity contribution >= 4 is 6.29 Å². The van der Waals surface area contributed by atoms with Crippen LogP contribution in [0.4, 0.5) is 0 Å². The van der Waals surface area contributed by atoms with Gasteiger partial charge in [0.1, 0.15) is 6.29 Å². The van der Waals surface area contributed by atoms with E-state index in [9.17, 15) is 4.79 Å². The number of ether oxygens (including phenoxy) is 1. The quantitative estimate of drug-likeness (QED) is 0.540. The largest absolute Gasteiger partial charge is 0.393 e. The van der Waals surface area contributed by atoms with Gasteiger partial charge in [0.15, 0.2) is 0 Å². The fraction of sp³-hybridized carbons (Fsp3) is 0.833. The zero-order valence-corrected chi connectivity index (χ0v) is 5.70. The number of carbonyl (C=O) groups excluding carboxylic acids is 1. The molecule has 0 amide bonds. The van der Waals surface area contributed by atoms with Crippen molar-refractivity contribution in [2.24, 2.45) is 5.92 Å². The molecule has 0 aromatic heterocycles. The van der Waals surface area contributed by atoms with Gasteiger partial charge in [-0.15, -0.1) is 0 Å². The summed E-state index contributed by atoms with van der Waals surface area (Å²) in [6, 6.07) is 0. The number of aliphatic hydroxyl groups excluding tert-OH is 1. The Morgan fingerprint density at radius 3 is 2.44 bits per heavy atom. The minimum Gasteiger partial charge on any atom is -0.393 e. The van der Waals surface area contributed by atoms with Crippen molar-refractivity contribution in [1.29, 1.82) is 0 Å². The summed E-state index contributed by atoms with van der Waals surface area (Å²) in [4.78, 5) is 10.1. The first-order valence-corrected chi connectivity index (χ1v) is 2.84. The van der Waals surface area contributed by atoms with Crippen LogP contribution in [0, 0.1) is 5.92 Å². The molecule has 0 aliphatic carbocycles. The number of carbonyl (C=O) groups is 1. The third kappa shape index (κ3) is 3.21. The lowest BCUT2D eigenvalue weighted by Crippen LogP contribution is -2.22. The van der Waals surface area contributed by atoms with Crippen LogP contribution in [0.3, 0.4) is 0 Å². The lowest BCUT2D eigenvalue weighted by Gasteiger charge is -2.10. The SMILES string of the molecule is COCC(C=O)C(C)O. The zero-order valence-electron chi connectivity index (χ0n) is 5.70. The molecule has 0 spiro atoms. The Kier molecular flexibility index (Phi) is 4.26. The topological polar surface area (TPSA) is 46.5 Å². The molecule has 0 saturated heterocycles. The van der Waals surface area contributed by atoms with Gasteiger partial charge in [-0.05, 0) is 6.92 Å². The van der Waals surface area contributed by atoms with E-state index in [2.05, 4.69) is 4.74 Å². The van der Waals surface area contributed by atoms with Crippen LogP contribution >= 0.6 is 0 Å². The average molecular weight is 132 g/mol. The van der Waals surface area contributed by atoms with E-state index < -0.39 is 6.10 Å². The molecule has 54 valence electrons. The van der Waals surface area contributed by atoms with Gasteiger partial charge in [-0.3, -0.25) is 0 Å². The second kappa shape index (κ2) is 4.47. The second-order valence-corrected chi connectivity index (χ2v) is 2.00. The minimum atomic E-state index is -0.609. The van der Waals surface area contributed by atoms with Gasteiger partial charge in [0.05, 0.1) is 18.6 Å². The molecular weight excluding hydrogens is 120 g/mol. The van der Waals surface area contributed by atoms with Gasteiger partial charge in [-0.25, -0.2) is 0 Å². The highest BCUT2D eigenvalue weighted by Crippen LogP contribution is 1.98. The third-order valence-electron chi connectivity index (χ3n) is 1.15. The van der Waals surface area contributed by atoms with Crippen molar-refractivity contribution in [1.82, 2.24) is 0 Å². The van der Waals surface area contributed by atoms with Crippen LogP contribution in [-0.4, -0.2) is 31.2 Å². The summed E-state index contributed by atoms with van der Waals surface area (Å²) in [5, 5.41) is 8.83. The second-order valence-electron chi connectivity index (χ2n) is 2.00. The predicted octanol–water partition coefficient (Wildman–Crippen LogP) is -0.171. The van der Waals surface area contributed by atoms with Crippen molar-refractivity contribution in [3.05, 3.63) is 0 Å². The summed E-state index contributed by atoms with van der Waals surface area (Å²) >= 11 is 0. The van der Waals surface area contributed by atoms with Gasteiger partial charge in [-0.1, -0.05) is 0 Å². The summed E-state index contributed by atoms with van der Waals surface area (Å²) in [5.41, 5.74) is 0. The number of hydrogen-bond acceptors (Lipinski definition) is 3. The molecular formula is C6H12O3. The van der Waals surface area contributed by atoms with Crippen molar-refractivity contribution in [2.75, 3.05) is 13.7 Å². The smallest absolute Gasteiger partial charge is 0.127 e. The molecule has 1 N–H and O–H groups in total. The molecule has 0 bridgehead atoms. The molecule has 0 saturated carbocycles. The Balaban J connectivity index is 3.54. The highest BCUT2D eigenvalue weighted by molar-refractivity contribution is 5.54. The van der Waals surface area contributed by atoms with Gasteiger partial charge in [-0.2, -0.15) is 0 Å². The number of hydrogen-bond donors (Lipinski definition) is 1. The van der Waals surface area contributed by atoms with Crippen LogP contribution in [0.5, 0.6) is 0 Å². The van der Waals surface area contributed by atoms with Gasteiger partial charge >= 0.3 is 0 Å².